The number of hydrogen-bond donors (Lipinski definition) is 2. The number of piperazine rings is 1. The van der Waals surface area contributed by atoms with Gasteiger partial charge in [-0.05, 0) is 6.07 Å². The van der Waals surface area contributed by atoms with Gasteiger partial charge in [0.05, 0.1) is 22.2 Å². The summed E-state index contributed by atoms with van der Waals surface area (Å²) < 4.78 is 0. The Morgan fingerprint density at radius 2 is 2.22 bits per heavy atom. The number of rotatable bonds is 3. The van der Waals surface area contributed by atoms with Crippen molar-refractivity contribution in [2.24, 2.45) is 0 Å². The van der Waals surface area contributed by atoms with Crippen LogP contribution in [0, 0.1) is 10.1 Å². The van der Waals surface area contributed by atoms with Crippen LogP contribution in [0.15, 0.2) is 24.4 Å². The van der Waals surface area contributed by atoms with Gasteiger partial charge in [-0.1, -0.05) is 0 Å². The maximum Gasteiger partial charge on any atom is 0.327 e. The summed E-state index contributed by atoms with van der Waals surface area (Å²) in [5, 5.41) is 23.1. The highest BCUT2D eigenvalue weighted by molar-refractivity contribution is 5.85. The van der Waals surface area contributed by atoms with Crippen molar-refractivity contribution in [3.05, 3.63) is 34.5 Å². The fraction of sp³-hybridized carbons (Fsp3) is 0.308. The number of carboxylic acids is 1. The van der Waals surface area contributed by atoms with Gasteiger partial charge >= 0.3 is 5.97 Å². The topological polar surface area (TPSA) is 121 Å². The molecule has 1 aromatic heterocycles. The van der Waals surface area contributed by atoms with Gasteiger partial charge in [-0.2, -0.15) is 0 Å². The quantitative estimate of drug-likeness (QED) is 0.622. The third-order valence-electron chi connectivity index (χ3n) is 3.55. The number of anilines is 1. The minimum absolute atomic E-state index is 0. The summed E-state index contributed by atoms with van der Waals surface area (Å²) in [7, 11) is 0. The molecular weight excluding hydrogens is 326 g/mol. The molecule has 0 spiro atoms. The smallest absolute Gasteiger partial charge is 0.327 e. The Kier molecular flexibility index (Phi) is 4.92. The predicted octanol–water partition coefficient (Wildman–Crippen LogP) is 0.823. The molecule has 0 bridgehead atoms. The van der Waals surface area contributed by atoms with Crippen molar-refractivity contribution < 1.29 is 14.8 Å². The van der Waals surface area contributed by atoms with E-state index in [4.69, 9.17) is 0 Å². The molecule has 0 radical (unpaired) electrons. The van der Waals surface area contributed by atoms with Crippen molar-refractivity contribution >= 4 is 40.9 Å². The SMILES string of the molecule is Cl.O=C(O)C1CNCCN1c1cnc2cc([N+](=O)[O-])ccc2n1. The molecule has 0 saturated carbocycles. The van der Waals surface area contributed by atoms with E-state index >= 15 is 0 Å². The molecule has 1 saturated heterocycles. The first-order valence-electron chi connectivity index (χ1n) is 6.67. The van der Waals surface area contributed by atoms with Gasteiger partial charge < -0.3 is 15.3 Å². The third kappa shape index (κ3) is 3.30. The normalized spacial score (nSPS) is 17.6. The van der Waals surface area contributed by atoms with Gasteiger partial charge in [-0.25, -0.2) is 9.78 Å². The predicted molar refractivity (Wildman–Crippen MR) is 85.1 cm³/mol. The molecule has 1 atom stereocenters. The highest BCUT2D eigenvalue weighted by Gasteiger charge is 2.29. The number of nitrogens with zero attached hydrogens (tertiary/aromatic N) is 4. The zero-order chi connectivity index (χ0) is 15.7. The largest absolute Gasteiger partial charge is 0.480 e. The van der Waals surface area contributed by atoms with Crippen molar-refractivity contribution in [3.8, 4) is 0 Å². The van der Waals surface area contributed by atoms with Crippen molar-refractivity contribution in [2.45, 2.75) is 6.04 Å². The lowest BCUT2D eigenvalue weighted by Gasteiger charge is -2.34. The summed E-state index contributed by atoms with van der Waals surface area (Å²) in [6, 6.07) is 3.51. The lowest BCUT2D eigenvalue weighted by atomic mass is 10.2. The molecule has 10 heteroatoms. The van der Waals surface area contributed by atoms with Crippen LogP contribution in [0.3, 0.4) is 0 Å². The number of carboxylic acid groups (broad SMARTS) is 1. The Labute approximate surface area is 136 Å². The van der Waals surface area contributed by atoms with Gasteiger partial charge in [0.15, 0.2) is 0 Å². The van der Waals surface area contributed by atoms with Crippen LogP contribution in [-0.2, 0) is 4.79 Å². The number of benzene rings is 1. The molecule has 9 nitrogen and oxygen atoms in total. The number of aromatic nitrogens is 2. The van der Waals surface area contributed by atoms with Crippen LogP contribution in [0.2, 0.25) is 0 Å². The lowest BCUT2D eigenvalue weighted by molar-refractivity contribution is -0.384. The van der Waals surface area contributed by atoms with E-state index in [0.29, 0.717) is 36.5 Å². The second kappa shape index (κ2) is 6.71. The molecule has 0 amide bonds. The molecule has 1 aliphatic rings. The number of nitro benzene ring substituents is 1. The number of nitrogens with one attached hydrogen (secondary N) is 1. The summed E-state index contributed by atoms with van der Waals surface area (Å²) in [5.74, 6) is -0.479. The van der Waals surface area contributed by atoms with E-state index < -0.39 is 16.9 Å². The first kappa shape index (κ1) is 16.8. The molecule has 23 heavy (non-hydrogen) atoms. The van der Waals surface area contributed by atoms with Crippen molar-refractivity contribution in [2.75, 3.05) is 24.5 Å². The van der Waals surface area contributed by atoms with E-state index in [2.05, 4.69) is 15.3 Å². The summed E-state index contributed by atoms with van der Waals surface area (Å²) in [4.78, 5) is 31.8. The zero-order valence-corrected chi connectivity index (χ0v) is 12.7. The van der Waals surface area contributed by atoms with Crippen LogP contribution in [0.25, 0.3) is 11.0 Å². The van der Waals surface area contributed by atoms with E-state index in [9.17, 15) is 20.0 Å². The van der Waals surface area contributed by atoms with Crippen LogP contribution >= 0.6 is 12.4 Å². The van der Waals surface area contributed by atoms with Crippen LogP contribution in [0.4, 0.5) is 11.5 Å². The minimum Gasteiger partial charge on any atom is -0.480 e. The van der Waals surface area contributed by atoms with E-state index in [1.807, 2.05) is 0 Å². The number of halogens is 1. The summed E-state index contributed by atoms with van der Waals surface area (Å²) in [5.41, 5.74) is 0.839. The summed E-state index contributed by atoms with van der Waals surface area (Å²) in [6.07, 6.45) is 1.45. The molecule has 1 unspecified atom stereocenters. The number of carbonyl (C=O) groups is 1. The van der Waals surface area contributed by atoms with Gasteiger partial charge in [-0.3, -0.25) is 15.1 Å². The van der Waals surface area contributed by atoms with Crippen LogP contribution in [0.5, 0.6) is 0 Å². The molecule has 0 aliphatic carbocycles. The summed E-state index contributed by atoms with van der Waals surface area (Å²) in [6.45, 7) is 1.49. The molecule has 2 N–H and O–H groups in total. The maximum absolute atomic E-state index is 11.3. The molecule has 1 aromatic carbocycles. The van der Waals surface area contributed by atoms with Gasteiger partial charge in [0, 0.05) is 31.8 Å². The molecular formula is C13H14ClN5O4. The monoisotopic (exact) mass is 339 g/mol. The molecule has 3 rings (SSSR count). The fourth-order valence-corrected chi connectivity index (χ4v) is 2.44. The first-order chi connectivity index (χ1) is 10.6. The standard InChI is InChI=1S/C13H13N5O4.ClH/c19-13(20)11-6-14-3-4-17(11)12-7-15-10-5-8(18(21)22)1-2-9(10)16-12;/h1-2,5,7,11,14H,3-4,6H2,(H,19,20);1H. The molecule has 2 aromatic rings. The van der Waals surface area contributed by atoms with E-state index in [0.717, 1.165) is 0 Å². The Balaban J connectivity index is 0.00000192. The number of non-ortho nitro benzene ring substituents is 1. The van der Waals surface area contributed by atoms with Gasteiger partial charge in [-0.15, -0.1) is 12.4 Å². The van der Waals surface area contributed by atoms with Crippen LogP contribution in [0.1, 0.15) is 0 Å². The first-order valence-corrected chi connectivity index (χ1v) is 6.67. The van der Waals surface area contributed by atoms with Gasteiger partial charge in [0.25, 0.3) is 5.69 Å². The number of hydrogen-bond acceptors (Lipinski definition) is 7. The third-order valence-corrected chi connectivity index (χ3v) is 3.55. The van der Waals surface area contributed by atoms with Crippen molar-refractivity contribution in [3.63, 3.8) is 0 Å². The fourth-order valence-electron chi connectivity index (χ4n) is 2.44. The highest BCUT2D eigenvalue weighted by Crippen LogP contribution is 2.22. The maximum atomic E-state index is 11.3. The van der Waals surface area contributed by atoms with Gasteiger partial charge in [0.1, 0.15) is 11.9 Å². The molecule has 1 fully saturated rings. The van der Waals surface area contributed by atoms with E-state index in [-0.39, 0.29) is 18.1 Å². The van der Waals surface area contributed by atoms with E-state index in [1.54, 1.807) is 4.90 Å². The number of aliphatic carboxylic acids is 1. The number of fused-ring (bicyclic) bond motifs is 1. The van der Waals surface area contributed by atoms with Crippen molar-refractivity contribution in [1.29, 1.82) is 0 Å². The highest BCUT2D eigenvalue weighted by atomic mass is 35.5. The van der Waals surface area contributed by atoms with Crippen LogP contribution < -0.4 is 10.2 Å². The van der Waals surface area contributed by atoms with Gasteiger partial charge in [0.2, 0.25) is 0 Å². The summed E-state index contributed by atoms with van der Waals surface area (Å²) >= 11 is 0. The van der Waals surface area contributed by atoms with Crippen LogP contribution in [-0.4, -0.2) is 51.6 Å². The minimum atomic E-state index is -0.933. The second-order valence-electron chi connectivity index (χ2n) is 4.91. The average Bonchev–Trinajstić information content (AvgIpc) is 2.53. The molecule has 122 valence electrons. The number of nitro groups is 1. The van der Waals surface area contributed by atoms with E-state index in [1.165, 1.54) is 24.4 Å². The Morgan fingerprint density at radius 3 is 2.91 bits per heavy atom. The molecule has 2 heterocycles. The Hall–Kier alpha value is -2.52. The molecule has 1 aliphatic heterocycles. The lowest BCUT2D eigenvalue weighted by Crippen LogP contribution is -2.55. The second-order valence-corrected chi connectivity index (χ2v) is 4.91. The average molecular weight is 340 g/mol. The van der Waals surface area contributed by atoms with Crippen molar-refractivity contribution in [1.82, 2.24) is 15.3 Å². The Bertz CT molecular complexity index is 756. The zero-order valence-electron chi connectivity index (χ0n) is 11.9. The Morgan fingerprint density at radius 1 is 1.43 bits per heavy atom.